The summed E-state index contributed by atoms with van der Waals surface area (Å²) in [7, 11) is 0. The van der Waals surface area contributed by atoms with E-state index in [1.54, 1.807) is 0 Å². The van der Waals surface area contributed by atoms with Crippen molar-refractivity contribution in [2.45, 2.75) is 6.92 Å². The lowest BCUT2D eigenvalue weighted by atomic mass is 9.83. The SMILES string of the molecule is C=Cc1c(/C(=C\C)c2cccc3c(-c4ccc(-c5c6ccccc6c(-c6ccc7oc8ccccc8c7c6)c6ccccc56)cc4)cccc23)oc2ccc(-c3c4ccccc4c(-c4ccccc4-c4ccccc4)c4ccccc34)cc12. The predicted molar refractivity (Wildman–Crippen MR) is 353 cm³/mol. The summed E-state index contributed by atoms with van der Waals surface area (Å²) in [4.78, 5) is 0. The quantitative estimate of drug-likeness (QED) is 0.135. The highest BCUT2D eigenvalue weighted by molar-refractivity contribution is 6.24. The number of allylic oxidation sites excluding steroid dienone is 1. The zero-order valence-corrected chi connectivity index (χ0v) is 45.7. The van der Waals surface area contributed by atoms with Gasteiger partial charge in [0.1, 0.15) is 22.5 Å². The molecule has 0 N–H and O–H groups in total. The first-order valence-corrected chi connectivity index (χ1v) is 28.5. The molecular formula is C81H52O2. The molecular weight excluding hydrogens is 1000 g/mol. The fraction of sp³-hybridized carbons (Fsp3) is 0.0123. The number of hydrogen-bond donors (Lipinski definition) is 0. The molecule has 0 aliphatic carbocycles. The van der Waals surface area contributed by atoms with Crippen molar-refractivity contribution in [3.8, 4) is 66.8 Å². The lowest BCUT2D eigenvalue weighted by Gasteiger charge is -2.19. The monoisotopic (exact) mass is 1060 g/mol. The minimum Gasteiger partial charge on any atom is -0.456 e. The van der Waals surface area contributed by atoms with Crippen LogP contribution in [0.5, 0.6) is 0 Å². The van der Waals surface area contributed by atoms with Crippen molar-refractivity contribution in [3.63, 3.8) is 0 Å². The topological polar surface area (TPSA) is 26.3 Å². The van der Waals surface area contributed by atoms with E-state index in [-0.39, 0.29) is 0 Å². The Morgan fingerprint density at radius 3 is 1.29 bits per heavy atom. The highest BCUT2D eigenvalue weighted by atomic mass is 16.3. The molecule has 16 aromatic rings. The van der Waals surface area contributed by atoms with E-state index < -0.39 is 0 Å². The zero-order valence-electron chi connectivity index (χ0n) is 45.7. The Hall–Kier alpha value is -10.8. The standard InChI is InChI=1S/C81H52O2/c1-3-55(81-56(4-2)72-48-53(45-47-76(72)83-81)79-68-31-14-16-33-70(68)80(71-34-17-15-32-69(71)79)63-26-9-8-24-58(63)50-22-6-5-7-23-50)59-36-21-37-60-57(35-20-38-61(59)60)51-40-42-52(43-41-51)77-64-27-10-12-29-66(64)78(67-30-13-11-28-65(67)77)54-44-46-75-73(49-54)62-25-18-19-39-74(62)82-75/h3-49H,2H2,1H3/b55-3-. The van der Waals surface area contributed by atoms with Gasteiger partial charge >= 0.3 is 0 Å². The van der Waals surface area contributed by atoms with E-state index in [1.165, 1.54) is 104 Å². The molecule has 0 amide bonds. The van der Waals surface area contributed by atoms with Gasteiger partial charge in [0.05, 0.1) is 0 Å². The van der Waals surface area contributed by atoms with Crippen LogP contribution in [0.3, 0.4) is 0 Å². The highest BCUT2D eigenvalue weighted by Crippen LogP contribution is 2.49. The van der Waals surface area contributed by atoms with Crippen LogP contribution in [0.15, 0.2) is 294 Å². The van der Waals surface area contributed by atoms with E-state index in [4.69, 9.17) is 8.83 Å². The van der Waals surface area contributed by atoms with E-state index in [1.807, 2.05) is 18.2 Å². The maximum absolute atomic E-state index is 6.99. The van der Waals surface area contributed by atoms with Crippen LogP contribution in [0.4, 0.5) is 0 Å². The van der Waals surface area contributed by atoms with E-state index in [0.29, 0.717) is 0 Å². The molecule has 0 saturated carbocycles. The summed E-state index contributed by atoms with van der Waals surface area (Å²) in [5, 5.41) is 15.3. The summed E-state index contributed by atoms with van der Waals surface area (Å²) in [6.45, 7) is 6.54. The van der Waals surface area contributed by atoms with Crippen molar-refractivity contribution in [1.29, 1.82) is 0 Å². The van der Waals surface area contributed by atoms with Gasteiger partial charge in [-0.3, -0.25) is 0 Å². The maximum Gasteiger partial charge on any atom is 0.142 e. The Labute approximate surface area is 480 Å². The fourth-order valence-electron chi connectivity index (χ4n) is 13.6. The molecule has 0 bridgehead atoms. The number of benzene rings is 14. The van der Waals surface area contributed by atoms with Crippen molar-refractivity contribution < 1.29 is 8.83 Å². The molecule has 0 aliphatic heterocycles. The molecule has 0 unspecified atom stereocenters. The van der Waals surface area contributed by atoms with Crippen LogP contribution in [-0.2, 0) is 0 Å². The Bertz CT molecular complexity index is 5220. The van der Waals surface area contributed by atoms with E-state index in [0.717, 1.165) is 71.9 Å². The van der Waals surface area contributed by atoms with Crippen LogP contribution in [0.25, 0.3) is 165 Å². The second kappa shape index (κ2) is 19.5. The van der Waals surface area contributed by atoms with Gasteiger partial charge in [-0.1, -0.05) is 261 Å². The second-order valence-corrected chi connectivity index (χ2v) is 21.6. The Morgan fingerprint density at radius 2 is 0.699 bits per heavy atom. The Balaban J connectivity index is 0.780. The van der Waals surface area contributed by atoms with Crippen molar-refractivity contribution in [2.24, 2.45) is 0 Å². The first-order chi connectivity index (χ1) is 41.1. The van der Waals surface area contributed by atoms with Gasteiger partial charge in [0, 0.05) is 27.3 Å². The number of fused-ring (bicyclic) bond motifs is 9. The van der Waals surface area contributed by atoms with Gasteiger partial charge in [0.2, 0.25) is 0 Å². The predicted octanol–water partition coefficient (Wildman–Crippen LogP) is 23.2. The molecule has 83 heavy (non-hydrogen) atoms. The smallest absolute Gasteiger partial charge is 0.142 e. The van der Waals surface area contributed by atoms with Crippen molar-refractivity contribution in [1.82, 2.24) is 0 Å². The van der Waals surface area contributed by atoms with Crippen LogP contribution in [0.2, 0.25) is 0 Å². The molecule has 0 atom stereocenters. The second-order valence-electron chi connectivity index (χ2n) is 21.6. The molecule has 388 valence electrons. The van der Waals surface area contributed by atoms with Gasteiger partial charge < -0.3 is 8.83 Å². The van der Waals surface area contributed by atoms with E-state index in [2.05, 4.69) is 280 Å². The molecule has 0 spiro atoms. The van der Waals surface area contributed by atoms with Crippen molar-refractivity contribution >= 4 is 98.4 Å². The van der Waals surface area contributed by atoms with Crippen LogP contribution >= 0.6 is 0 Å². The molecule has 16 rings (SSSR count). The largest absolute Gasteiger partial charge is 0.456 e. The van der Waals surface area contributed by atoms with Gasteiger partial charge in [-0.15, -0.1) is 0 Å². The molecule has 14 aromatic carbocycles. The first kappa shape index (κ1) is 48.1. The van der Waals surface area contributed by atoms with Crippen LogP contribution in [0, 0.1) is 0 Å². The number of hydrogen-bond acceptors (Lipinski definition) is 2. The Morgan fingerprint density at radius 1 is 0.289 bits per heavy atom. The third-order valence-corrected chi connectivity index (χ3v) is 17.3. The van der Waals surface area contributed by atoms with Gasteiger partial charge in [0.25, 0.3) is 0 Å². The maximum atomic E-state index is 6.99. The Kier molecular flexibility index (Phi) is 11.3. The lowest BCUT2D eigenvalue weighted by Crippen LogP contribution is -1.93. The third-order valence-electron chi connectivity index (χ3n) is 17.3. The van der Waals surface area contributed by atoms with Gasteiger partial charge in [-0.2, -0.15) is 0 Å². The van der Waals surface area contributed by atoms with E-state index >= 15 is 0 Å². The van der Waals surface area contributed by atoms with Gasteiger partial charge in [0.15, 0.2) is 0 Å². The molecule has 0 fully saturated rings. The average molecular weight is 1060 g/mol. The van der Waals surface area contributed by atoms with Crippen LogP contribution < -0.4 is 0 Å². The number of furan rings is 2. The van der Waals surface area contributed by atoms with Crippen LogP contribution in [-0.4, -0.2) is 0 Å². The van der Waals surface area contributed by atoms with E-state index in [9.17, 15) is 0 Å². The number of rotatable bonds is 9. The van der Waals surface area contributed by atoms with Gasteiger partial charge in [-0.25, -0.2) is 0 Å². The molecule has 2 aromatic heterocycles. The van der Waals surface area contributed by atoms with Crippen LogP contribution in [0.1, 0.15) is 23.8 Å². The average Bonchev–Trinajstić information content (AvgIpc) is 2.70. The molecule has 2 nitrogen and oxygen atoms in total. The third kappa shape index (κ3) is 7.64. The summed E-state index contributed by atoms with van der Waals surface area (Å²) >= 11 is 0. The summed E-state index contributed by atoms with van der Waals surface area (Å²) in [6.07, 6.45) is 4.15. The molecule has 2 heteroatoms. The minimum absolute atomic E-state index is 0.806. The summed E-state index contributed by atoms with van der Waals surface area (Å²) in [5.41, 5.74) is 20.1. The molecule has 0 radical (unpaired) electrons. The molecule has 0 aliphatic rings. The lowest BCUT2D eigenvalue weighted by molar-refractivity contribution is 0.599. The normalized spacial score (nSPS) is 12.0. The minimum atomic E-state index is 0.806. The van der Waals surface area contributed by atoms with Crippen molar-refractivity contribution in [2.75, 3.05) is 0 Å². The summed E-state index contributed by atoms with van der Waals surface area (Å²) < 4.78 is 13.3. The molecule has 2 heterocycles. The summed E-state index contributed by atoms with van der Waals surface area (Å²) in [6, 6.07) is 99.2. The fourth-order valence-corrected chi connectivity index (χ4v) is 13.6. The highest BCUT2D eigenvalue weighted by Gasteiger charge is 2.24. The molecule has 0 saturated heterocycles. The zero-order chi connectivity index (χ0) is 55.1. The summed E-state index contributed by atoms with van der Waals surface area (Å²) in [5.74, 6) is 0.806. The number of para-hydroxylation sites is 1. The van der Waals surface area contributed by atoms with Crippen molar-refractivity contribution in [3.05, 3.63) is 303 Å². The van der Waals surface area contributed by atoms with Gasteiger partial charge in [-0.05, 0) is 163 Å². The first-order valence-electron chi connectivity index (χ1n) is 28.5.